The summed E-state index contributed by atoms with van der Waals surface area (Å²) in [6, 6.07) is 16.9. The number of carbonyl (C=O) groups excluding carboxylic acids is 1. The molecule has 3 aromatic carbocycles. The minimum atomic E-state index is -0.448. The number of nitro benzene ring substituents is 1. The predicted octanol–water partition coefficient (Wildman–Crippen LogP) is 5.04. The van der Waals surface area contributed by atoms with E-state index in [9.17, 15) is 14.9 Å². The SMILES string of the molecule is CCOc1cc(/C=N\NC(=O)Cc2ccc(OC)cc2)cc(Br)c1OCc1ccc([N+](=O)[O-])cc1. The number of amides is 1. The van der Waals surface area contributed by atoms with Crippen LogP contribution in [0.3, 0.4) is 0 Å². The third kappa shape index (κ3) is 7.54. The van der Waals surface area contributed by atoms with Crippen molar-refractivity contribution in [2.24, 2.45) is 5.10 Å². The lowest BCUT2D eigenvalue weighted by Crippen LogP contribution is -2.19. The fraction of sp³-hybridized carbons (Fsp3) is 0.200. The van der Waals surface area contributed by atoms with Gasteiger partial charge in [0.2, 0.25) is 5.91 Å². The monoisotopic (exact) mass is 541 g/mol. The standard InChI is InChI=1S/C25H24BrN3O6/c1-3-34-23-13-19(15-27-28-24(30)14-17-6-10-21(33-2)11-7-17)12-22(26)25(23)35-16-18-4-8-20(9-5-18)29(31)32/h4-13,15H,3,14,16H2,1-2H3,(H,28,30)/b27-15-. The van der Waals surface area contributed by atoms with Gasteiger partial charge in [-0.2, -0.15) is 5.10 Å². The number of nitrogens with zero attached hydrogens (tertiary/aromatic N) is 2. The van der Waals surface area contributed by atoms with E-state index in [-0.39, 0.29) is 24.6 Å². The lowest BCUT2D eigenvalue weighted by Gasteiger charge is -2.14. The molecule has 0 fully saturated rings. The van der Waals surface area contributed by atoms with Gasteiger partial charge in [-0.3, -0.25) is 14.9 Å². The molecule has 0 spiro atoms. The van der Waals surface area contributed by atoms with Crippen molar-refractivity contribution in [2.45, 2.75) is 20.0 Å². The van der Waals surface area contributed by atoms with Crippen molar-refractivity contribution in [3.8, 4) is 17.2 Å². The summed E-state index contributed by atoms with van der Waals surface area (Å²) in [6.45, 7) is 2.47. The number of non-ortho nitro benzene ring substituents is 1. The molecule has 0 bridgehead atoms. The van der Waals surface area contributed by atoms with E-state index in [2.05, 4.69) is 26.5 Å². The molecular weight excluding hydrogens is 518 g/mol. The van der Waals surface area contributed by atoms with Crippen LogP contribution in [0.15, 0.2) is 70.2 Å². The number of nitrogens with one attached hydrogen (secondary N) is 1. The topological polar surface area (TPSA) is 112 Å². The van der Waals surface area contributed by atoms with E-state index in [0.717, 1.165) is 16.9 Å². The van der Waals surface area contributed by atoms with E-state index in [1.807, 2.05) is 19.1 Å². The van der Waals surface area contributed by atoms with E-state index in [1.54, 1.807) is 43.5 Å². The highest BCUT2D eigenvalue weighted by atomic mass is 79.9. The van der Waals surface area contributed by atoms with Gasteiger partial charge in [-0.05, 0) is 75.9 Å². The van der Waals surface area contributed by atoms with Gasteiger partial charge in [-0.25, -0.2) is 5.43 Å². The Morgan fingerprint density at radius 2 is 1.77 bits per heavy atom. The maximum atomic E-state index is 12.2. The molecule has 0 saturated carbocycles. The number of halogens is 1. The Labute approximate surface area is 211 Å². The lowest BCUT2D eigenvalue weighted by molar-refractivity contribution is -0.384. The highest BCUT2D eigenvalue weighted by molar-refractivity contribution is 9.10. The Balaban J connectivity index is 1.64. The molecule has 0 aliphatic rings. The maximum Gasteiger partial charge on any atom is 0.269 e. The molecule has 0 radical (unpaired) electrons. The summed E-state index contributed by atoms with van der Waals surface area (Å²) in [5.74, 6) is 1.46. The van der Waals surface area contributed by atoms with Crippen LogP contribution in [-0.4, -0.2) is 30.8 Å². The van der Waals surface area contributed by atoms with Gasteiger partial charge in [0.05, 0.1) is 35.7 Å². The predicted molar refractivity (Wildman–Crippen MR) is 135 cm³/mol. The summed E-state index contributed by atoms with van der Waals surface area (Å²) < 4.78 is 17.4. The van der Waals surface area contributed by atoms with E-state index >= 15 is 0 Å². The molecule has 0 saturated heterocycles. The van der Waals surface area contributed by atoms with Crippen LogP contribution < -0.4 is 19.6 Å². The van der Waals surface area contributed by atoms with E-state index in [1.165, 1.54) is 18.3 Å². The Hall–Kier alpha value is -3.92. The van der Waals surface area contributed by atoms with Gasteiger partial charge in [0.25, 0.3) is 5.69 Å². The third-order valence-electron chi connectivity index (χ3n) is 4.79. The summed E-state index contributed by atoms with van der Waals surface area (Å²) >= 11 is 3.50. The zero-order valence-corrected chi connectivity index (χ0v) is 20.8. The second-order valence-electron chi connectivity index (χ2n) is 7.29. The quantitative estimate of drug-likeness (QED) is 0.207. The van der Waals surface area contributed by atoms with E-state index < -0.39 is 4.92 Å². The molecule has 10 heteroatoms. The molecule has 0 unspecified atom stereocenters. The fourth-order valence-electron chi connectivity index (χ4n) is 3.08. The minimum Gasteiger partial charge on any atom is -0.497 e. The van der Waals surface area contributed by atoms with E-state index in [4.69, 9.17) is 14.2 Å². The van der Waals surface area contributed by atoms with Crippen LogP contribution in [0.25, 0.3) is 0 Å². The molecule has 9 nitrogen and oxygen atoms in total. The Morgan fingerprint density at radius 3 is 2.40 bits per heavy atom. The minimum absolute atomic E-state index is 0.0182. The summed E-state index contributed by atoms with van der Waals surface area (Å²) in [7, 11) is 1.59. The Morgan fingerprint density at radius 1 is 1.09 bits per heavy atom. The average molecular weight is 542 g/mol. The first-order chi connectivity index (χ1) is 16.9. The average Bonchev–Trinajstić information content (AvgIpc) is 2.84. The van der Waals surface area contributed by atoms with Crippen molar-refractivity contribution >= 4 is 33.7 Å². The van der Waals surface area contributed by atoms with Gasteiger partial charge >= 0.3 is 0 Å². The maximum absolute atomic E-state index is 12.2. The summed E-state index contributed by atoms with van der Waals surface area (Å²) in [6.07, 6.45) is 1.70. The summed E-state index contributed by atoms with van der Waals surface area (Å²) in [5.41, 5.74) is 4.84. The molecule has 0 aromatic heterocycles. The molecule has 182 valence electrons. The van der Waals surface area contributed by atoms with Crippen LogP contribution in [0.5, 0.6) is 17.2 Å². The van der Waals surface area contributed by atoms with Crippen molar-refractivity contribution in [3.05, 3.63) is 91.9 Å². The molecule has 3 aromatic rings. The van der Waals surface area contributed by atoms with Crippen LogP contribution in [-0.2, 0) is 17.8 Å². The van der Waals surface area contributed by atoms with Gasteiger partial charge in [0.15, 0.2) is 11.5 Å². The first kappa shape index (κ1) is 25.7. The number of methoxy groups -OCH3 is 1. The third-order valence-corrected chi connectivity index (χ3v) is 5.38. The number of benzene rings is 3. The number of ether oxygens (including phenoxy) is 3. The molecular formula is C25H24BrN3O6. The van der Waals surface area contributed by atoms with Gasteiger partial charge in [0.1, 0.15) is 12.4 Å². The highest BCUT2D eigenvalue weighted by Gasteiger charge is 2.13. The highest BCUT2D eigenvalue weighted by Crippen LogP contribution is 2.37. The Bertz CT molecular complexity index is 1200. The van der Waals surface area contributed by atoms with Crippen molar-refractivity contribution < 1.29 is 23.9 Å². The van der Waals surface area contributed by atoms with Gasteiger partial charge < -0.3 is 14.2 Å². The molecule has 0 aliphatic heterocycles. The normalized spacial score (nSPS) is 10.7. The largest absolute Gasteiger partial charge is 0.497 e. The molecule has 0 aliphatic carbocycles. The number of hydrogen-bond acceptors (Lipinski definition) is 7. The smallest absolute Gasteiger partial charge is 0.269 e. The zero-order chi connectivity index (χ0) is 25.2. The molecule has 0 heterocycles. The first-order valence-electron chi connectivity index (χ1n) is 10.7. The second kappa shape index (κ2) is 12.5. The number of carbonyl (C=O) groups is 1. The number of hydrazone groups is 1. The van der Waals surface area contributed by atoms with Gasteiger partial charge in [-0.1, -0.05) is 12.1 Å². The lowest BCUT2D eigenvalue weighted by atomic mass is 10.1. The zero-order valence-electron chi connectivity index (χ0n) is 19.2. The van der Waals surface area contributed by atoms with Crippen molar-refractivity contribution in [3.63, 3.8) is 0 Å². The first-order valence-corrected chi connectivity index (χ1v) is 11.5. The van der Waals surface area contributed by atoms with Crippen molar-refractivity contribution in [1.29, 1.82) is 0 Å². The molecule has 1 amide bonds. The van der Waals surface area contributed by atoms with Crippen LogP contribution >= 0.6 is 15.9 Å². The summed E-state index contributed by atoms with van der Waals surface area (Å²) in [4.78, 5) is 22.5. The van der Waals surface area contributed by atoms with Crippen molar-refractivity contribution in [1.82, 2.24) is 5.43 Å². The molecule has 3 rings (SSSR count). The van der Waals surface area contributed by atoms with Gasteiger partial charge in [-0.15, -0.1) is 0 Å². The van der Waals surface area contributed by atoms with Crippen LogP contribution in [0.2, 0.25) is 0 Å². The number of hydrogen-bond donors (Lipinski definition) is 1. The second-order valence-corrected chi connectivity index (χ2v) is 8.15. The van der Waals surface area contributed by atoms with Gasteiger partial charge in [0, 0.05) is 12.1 Å². The van der Waals surface area contributed by atoms with Crippen LogP contribution in [0.1, 0.15) is 23.6 Å². The fourth-order valence-corrected chi connectivity index (χ4v) is 3.66. The number of nitro groups is 1. The number of rotatable bonds is 11. The van der Waals surface area contributed by atoms with Crippen LogP contribution in [0, 0.1) is 10.1 Å². The molecule has 1 N–H and O–H groups in total. The molecule has 0 atom stereocenters. The van der Waals surface area contributed by atoms with Crippen LogP contribution in [0.4, 0.5) is 5.69 Å². The van der Waals surface area contributed by atoms with Crippen molar-refractivity contribution in [2.75, 3.05) is 13.7 Å². The Kier molecular flexibility index (Phi) is 9.19. The summed E-state index contributed by atoms with van der Waals surface area (Å²) in [5, 5.41) is 14.9. The van der Waals surface area contributed by atoms with E-state index in [0.29, 0.717) is 28.1 Å². The molecule has 35 heavy (non-hydrogen) atoms.